The zero-order chi connectivity index (χ0) is 34.2. The van der Waals surface area contributed by atoms with Crippen molar-refractivity contribution >= 4 is 56.5 Å². The highest BCUT2D eigenvalue weighted by atomic mass is 16.5. The van der Waals surface area contributed by atoms with E-state index in [1.807, 2.05) is 48.5 Å². The number of amides is 4. The van der Waals surface area contributed by atoms with Crippen LogP contribution in [0.25, 0.3) is 21.5 Å². The average molecular weight is 679 g/mol. The molecule has 0 aromatic heterocycles. The first-order valence-corrected chi connectivity index (χ1v) is 17.2. The molecule has 0 N–H and O–H groups in total. The normalized spacial score (nSPS) is 17.8. The lowest BCUT2D eigenvalue weighted by atomic mass is 9.92. The Balaban J connectivity index is 0.832. The van der Waals surface area contributed by atoms with E-state index in [0.29, 0.717) is 59.5 Å². The van der Waals surface area contributed by atoms with Crippen LogP contribution in [0.5, 0.6) is 0 Å². The molecule has 0 spiro atoms. The average Bonchev–Trinajstić information content (AvgIpc) is 3.16. The van der Waals surface area contributed by atoms with E-state index in [9.17, 15) is 19.2 Å². The predicted molar refractivity (Wildman–Crippen MR) is 186 cm³/mol. The fourth-order valence-corrected chi connectivity index (χ4v) is 7.46. The minimum Gasteiger partial charge on any atom is -0.378 e. The number of carbonyl (C=O) groups is 4. The van der Waals surface area contributed by atoms with Gasteiger partial charge in [0.05, 0.1) is 65.9 Å². The molecule has 50 heavy (non-hydrogen) atoms. The van der Waals surface area contributed by atoms with Crippen molar-refractivity contribution in [2.45, 2.75) is 0 Å². The Labute approximate surface area is 289 Å². The number of morpholine rings is 2. The van der Waals surface area contributed by atoms with Gasteiger partial charge in [0.1, 0.15) is 0 Å². The van der Waals surface area contributed by atoms with E-state index in [0.717, 1.165) is 48.3 Å². The van der Waals surface area contributed by atoms with Crippen LogP contribution in [0.3, 0.4) is 0 Å². The van der Waals surface area contributed by atoms with Gasteiger partial charge in [-0.05, 0) is 36.4 Å². The van der Waals surface area contributed by atoms with E-state index in [4.69, 9.17) is 18.9 Å². The van der Waals surface area contributed by atoms with Gasteiger partial charge in [-0.25, -0.2) is 0 Å². The molecule has 2 saturated heterocycles. The zero-order valence-corrected chi connectivity index (χ0v) is 27.7. The summed E-state index contributed by atoms with van der Waals surface area (Å²) in [6.07, 6.45) is 0. The van der Waals surface area contributed by atoms with Crippen molar-refractivity contribution in [2.75, 3.05) is 102 Å². The van der Waals surface area contributed by atoms with Gasteiger partial charge in [0.2, 0.25) is 0 Å². The van der Waals surface area contributed by atoms with Crippen LogP contribution in [0, 0.1) is 0 Å². The van der Waals surface area contributed by atoms with Crippen molar-refractivity contribution in [2.24, 2.45) is 0 Å². The smallest absolute Gasteiger partial charge is 0.261 e. The summed E-state index contributed by atoms with van der Waals surface area (Å²) in [5, 5.41) is 3.17. The van der Waals surface area contributed by atoms with Crippen LogP contribution in [0.1, 0.15) is 41.4 Å². The van der Waals surface area contributed by atoms with E-state index in [1.165, 1.54) is 9.80 Å². The van der Waals surface area contributed by atoms with Crippen LogP contribution < -0.4 is 9.80 Å². The van der Waals surface area contributed by atoms with Gasteiger partial charge in [-0.1, -0.05) is 24.3 Å². The maximum Gasteiger partial charge on any atom is 0.261 e. The van der Waals surface area contributed by atoms with Crippen molar-refractivity contribution < 1.29 is 38.1 Å². The Hall–Kier alpha value is -4.88. The maximum atomic E-state index is 13.5. The van der Waals surface area contributed by atoms with Crippen molar-refractivity contribution in [3.63, 3.8) is 0 Å². The molecule has 0 aliphatic carbocycles. The van der Waals surface area contributed by atoms with Gasteiger partial charge in [-0.3, -0.25) is 29.0 Å². The largest absolute Gasteiger partial charge is 0.378 e. The van der Waals surface area contributed by atoms with E-state index in [2.05, 4.69) is 9.80 Å². The quantitative estimate of drug-likeness (QED) is 0.172. The maximum absolute atomic E-state index is 13.5. The third-order valence-electron chi connectivity index (χ3n) is 9.93. The molecular formula is C38H38N4O8. The monoisotopic (exact) mass is 678 g/mol. The Bertz CT molecular complexity index is 1810. The molecule has 4 heterocycles. The number of nitrogens with zero attached hydrogens (tertiary/aromatic N) is 4. The number of imide groups is 2. The Kier molecular flexibility index (Phi) is 8.92. The first-order chi connectivity index (χ1) is 24.5. The molecule has 258 valence electrons. The molecule has 0 unspecified atom stereocenters. The fourth-order valence-electron chi connectivity index (χ4n) is 7.46. The number of rotatable bonds is 11. The van der Waals surface area contributed by atoms with Gasteiger partial charge in [0.25, 0.3) is 23.6 Å². The second-order valence-corrected chi connectivity index (χ2v) is 12.7. The third-order valence-corrected chi connectivity index (χ3v) is 9.93. The summed E-state index contributed by atoms with van der Waals surface area (Å²) in [6, 6.07) is 18.7. The molecule has 4 aromatic carbocycles. The molecule has 0 saturated carbocycles. The second kappa shape index (κ2) is 13.8. The van der Waals surface area contributed by atoms with Gasteiger partial charge >= 0.3 is 0 Å². The fraction of sp³-hybridized carbons (Fsp3) is 0.368. The lowest BCUT2D eigenvalue weighted by molar-refractivity contribution is 0.0264. The van der Waals surface area contributed by atoms with E-state index < -0.39 is 0 Å². The highest BCUT2D eigenvalue weighted by Gasteiger charge is 2.35. The summed E-state index contributed by atoms with van der Waals surface area (Å²) in [4.78, 5) is 60.8. The van der Waals surface area contributed by atoms with E-state index in [-0.39, 0.29) is 63.1 Å². The Morgan fingerprint density at radius 3 is 1.26 bits per heavy atom. The van der Waals surface area contributed by atoms with Crippen molar-refractivity contribution in [1.29, 1.82) is 0 Å². The summed E-state index contributed by atoms with van der Waals surface area (Å²) in [5.74, 6) is -1.34. The van der Waals surface area contributed by atoms with Crippen molar-refractivity contribution in [3.05, 3.63) is 82.9 Å². The Morgan fingerprint density at radius 1 is 0.480 bits per heavy atom. The summed E-state index contributed by atoms with van der Waals surface area (Å²) in [6.45, 7) is 6.52. The van der Waals surface area contributed by atoms with Crippen LogP contribution in [-0.2, 0) is 18.9 Å². The molecule has 0 radical (unpaired) electrons. The molecule has 12 nitrogen and oxygen atoms in total. The van der Waals surface area contributed by atoms with Crippen molar-refractivity contribution in [1.82, 2.24) is 9.80 Å². The standard InChI is InChI=1S/C38H38N4O8/c43-35-27-5-1-3-25-31(39-11-17-47-18-12-39)9-7-29(33(25)27)37(45)41(35)15-21-49-23-24-50-22-16-42-36(44)28-6-2-4-26-32(40-13-19-48-20-14-40)10-8-30(34(26)28)38(42)46/h1-10H,11-24H2. The SMILES string of the molecule is O=C1c2cccc3c(N4CCOCC4)ccc(c23)C(=O)N1CCOCCOCCN1C(=O)c2cccc3c(N4CCOCC4)ccc(c23)C1=O. The lowest BCUT2D eigenvalue weighted by Gasteiger charge is -2.32. The summed E-state index contributed by atoms with van der Waals surface area (Å²) < 4.78 is 22.4. The van der Waals surface area contributed by atoms with E-state index >= 15 is 0 Å². The molecule has 12 heteroatoms. The van der Waals surface area contributed by atoms with Crippen LogP contribution >= 0.6 is 0 Å². The van der Waals surface area contributed by atoms with E-state index in [1.54, 1.807) is 12.1 Å². The molecule has 0 bridgehead atoms. The minimum absolute atomic E-state index is 0.105. The van der Waals surface area contributed by atoms with Crippen LogP contribution in [0.2, 0.25) is 0 Å². The molecule has 4 aliphatic rings. The highest BCUT2D eigenvalue weighted by Crippen LogP contribution is 2.37. The summed E-state index contributed by atoms with van der Waals surface area (Å²) >= 11 is 0. The number of benzene rings is 4. The Morgan fingerprint density at radius 2 is 0.860 bits per heavy atom. The number of carbonyl (C=O) groups excluding carboxylic acids is 4. The highest BCUT2D eigenvalue weighted by molar-refractivity contribution is 6.28. The van der Waals surface area contributed by atoms with Gasteiger partial charge in [-0.2, -0.15) is 0 Å². The number of ether oxygens (including phenoxy) is 4. The zero-order valence-electron chi connectivity index (χ0n) is 27.7. The molecule has 2 fully saturated rings. The van der Waals surface area contributed by atoms with Crippen LogP contribution in [-0.4, -0.2) is 126 Å². The predicted octanol–water partition coefficient (Wildman–Crippen LogP) is 3.59. The molecule has 4 amide bonds. The van der Waals surface area contributed by atoms with Crippen molar-refractivity contribution in [3.8, 4) is 0 Å². The molecule has 4 aliphatic heterocycles. The summed E-state index contributed by atoms with van der Waals surface area (Å²) in [7, 11) is 0. The summed E-state index contributed by atoms with van der Waals surface area (Å²) in [5.41, 5.74) is 4.03. The van der Waals surface area contributed by atoms with Gasteiger partial charge < -0.3 is 28.7 Å². The number of anilines is 2. The molecular weight excluding hydrogens is 640 g/mol. The van der Waals surface area contributed by atoms with Gasteiger partial charge in [0, 0.05) is 81.4 Å². The lowest BCUT2D eigenvalue weighted by Crippen LogP contribution is -2.43. The van der Waals surface area contributed by atoms with Crippen LogP contribution in [0.15, 0.2) is 60.7 Å². The molecule has 8 rings (SSSR count). The topological polar surface area (TPSA) is 118 Å². The number of hydrogen-bond acceptors (Lipinski definition) is 10. The first kappa shape index (κ1) is 32.3. The number of hydrogen-bond donors (Lipinski definition) is 0. The molecule has 0 atom stereocenters. The molecule has 4 aromatic rings. The van der Waals surface area contributed by atoms with Gasteiger partial charge in [0.15, 0.2) is 0 Å². The second-order valence-electron chi connectivity index (χ2n) is 12.7. The van der Waals surface area contributed by atoms with Crippen LogP contribution in [0.4, 0.5) is 11.4 Å². The third kappa shape index (κ3) is 5.67. The van der Waals surface area contributed by atoms with Gasteiger partial charge in [-0.15, -0.1) is 0 Å². The first-order valence-electron chi connectivity index (χ1n) is 17.2. The minimum atomic E-state index is -0.336.